The number of nitrogens with zero attached hydrogens (tertiary/aromatic N) is 2. The number of hydrogen-bond acceptors (Lipinski definition) is 6. The van der Waals surface area contributed by atoms with Crippen LogP contribution in [0.1, 0.15) is 39.6 Å². The van der Waals surface area contributed by atoms with Gasteiger partial charge in [0.1, 0.15) is 5.82 Å². The van der Waals surface area contributed by atoms with Gasteiger partial charge >= 0.3 is 5.97 Å². The van der Waals surface area contributed by atoms with Crippen LogP contribution in [-0.4, -0.2) is 44.8 Å². The summed E-state index contributed by atoms with van der Waals surface area (Å²) in [5, 5.41) is 0.565. The Bertz CT molecular complexity index is 1900. The van der Waals surface area contributed by atoms with Crippen LogP contribution in [0, 0.1) is 29.5 Å². The predicted octanol–water partition coefficient (Wildman–Crippen LogP) is 7.69. The van der Waals surface area contributed by atoms with E-state index in [2.05, 4.69) is 47.8 Å². The molecule has 2 heterocycles. The van der Waals surface area contributed by atoms with E-state index >= 15 is 0 Å². The van der Waals surface area contributed by atoms with E-state index in [1.165, 1.54) is 29.2 Å². The van der Waals surface area contributed by atoms with Crippen molar-refractivity contribution < 1.29 is 28.3 Å². The molecular weight excluding hydrogens is 787 g/mol. The lowest BCUT2D eigenvalue weighted by Gasteiger charge is -2.28. The molecule has 4 aromatic rings. The molecule has 7 nitrogen and oxygen atoms in total. The average Bonchev–Trinajstić information content (AvgIpc) is 3.67. The van der Waals surface area contributed by atoms with Crippen molar-refractivity contribution in [1.82, 2.24) is 4.98 Å². The first-order chi connectivity index (χ1) is 22.1. The highest BCUT2D eigenvalue weighted by Gasteiger charge is 2.66. The number of amides is 2. The third-order valence-corrected chi connectivity index (χ3v) is 13.1. The van der Waals surface area contributed by atoms with Crippen LogP contribution in [0.15, 0.2) is 71.2 Å². The number of Topliss-reactive ketones (excluding diaryl/α,β-unsaturated/α-hetero) is 1. The van der Waals surface area contributed by atoms with E-state index in [0.717, 1.165) is 16.5 Å². The summed E-state index contributed by atoms with van der Waals surface area (Å²) in [6.45, 7) is 1.48. The van der Waals surface area contributed by atoms with Crippen molar-refractivity contribution in [2.24, 2.45) is 23.7 Å². The van der Waals surface area contributed by atoms with E-state index in [4.69, 9.17) is 9.72 Å². The molecule has 0 spiro atoms. The quantitative estimate of drug-likeness (QED) is 0.0823. The van der Waals surface area contributed by atoms with Gasteiger partial charge in [-0.25, -0.2) is 14.2 Å². The Morgan fingerprint density at radius 3 is 2.17 bits per heavy atom. The number of ether oxygens (including phenoxy) is 1. The number of hydrogen-bond donors (Lipinski definition) is 0. The van der Waals surface area contributed by atoms with Gasteiger partial charge in [-0.15, -0.1) is 0 Å². The van der Waals surface area contributed by atoms with Gasteiger partial charge in [-0.1, -0.05) is 66.8 Å². The maximum atomic E-state index is 13.5. The largest absolute Gasteiger partial charge is 0.454 e. The standard InChI is InChI=1S/C35H26Br3FN2O5/c1-2-16-11-19(36)12-22-23(35(45)46-15-27(42)18-3-7-20(39)8-4-18)14-26(40-32(16)22)17-5-9-21(10-6-17)41-33(43)28-24-13-25(29(28)34(41)44)31(38)30(24)37/h3-12,14,24-25,28-31H,2,13,15H2,1H3. The van der Waals surface area contributed by atoms with Crippen LogP contribution in [-0.2, 0) is 20.7 Å². The van der Waals surface area contributed by atoms with E-state index in [0.29, 0.717) is 34.3 Å². The van der Waals surface area contributed by atoms with Crippen LogP contribution in [0.2, 0.25) is 0 Å². The number of aromatic nitrogens is 1. The number of fused-ring (bicyclic) bond motifs is 6. The average molecular weight is 813 g/mol. The van der Waals surface area contributed by atoms with Gasteiger partial charge in [-0.3, -0.25) is 19.3 Å². The van der Waals surface area contributed by atoms with Gasteiger partial charge in [0, 0.05) is 30.6 Å². The summed E-state index contributed by atoms with van der Waals surface area (Å²) in [6, 6.07) is 17.4. The second kappa shape index (κ2) is 12.1. The summed E-state index contributed by atoms with van der Waals surface area (Å²) in [5.41, 5.74) is 3.65. The maximum Gasteiger partial charge on any atom is 0.339 e. The molecule has 2 amide bonds. The van der Waals surface area contributed by atoms with E-state index in [9.17, 15) is 23.6 Å². The van der Waals surface area contributed by atoms with Crippen LogP contribution in [0.5, 0.6) is 0 Å². The Hall–Kier alpha value is -3.28. The van der Waals surface area contributed by atoms with E-state index in [-0.39, 0.29) is 56.3 Å². The highest BCUT2D eigenvalue weighted by atomic mass is 79.9. The van der Waals surface area contributed by atoms with Gasteiger partial charge in [0.15, 0.2) is 12.4 Å². The number of rotatable bonds is 7. The smallest absolute Gasteiger partial charge is 0.339 e. The van der Waals surface area contributed by atoms with Gasteiger partial charge in [0.05, 0.1) is 34.3 Å². The Balaban J connectivity index is 1.20. The van der Waals surface area contributed by atoms with Crippen LogP contribution in [0.25, 0.3) is 22.2 Å². The summed E-state index contributed by atoms with van der Waals surface area (Å²) in [5.74, 6) is -2.31. The van der Waals surface area contributed by atoms with E-state index < -0.39 is 24.2 Å². The van der Waals surface area contributed by atoms with Gasteiger partial charge in [-0.05, 0) is 84.8 Å². The summed E-state index contributed by atoms with van der Waals surface area (Å²) in [4.78, 5) is 59.7. The molecule has 2 bridgehead atoms. The highest BCUT2D eigenvalue weighted by molar-refractivity contribution is 9.12. The lowest BCUT2D eigenvalue weighted by Crippen LogP contribution is -2.37. The number of aryl methyl sites for hydroxylation is 1. The fraction of sp³-hybridized carbons (Fsp3) is 0.286. The van der Waals surface area contributed by atoms with Crippen molar-refractivity contribution in [3.05, 3.63) is 93.7 Å². The third kappa shape index (κ3) is 5.15. The Morgan fingerprint density at radius 1 is 0.935 bits per heavy atom. The van der Waals surface area contributed by atoms with Crippen molar-refractivity contribution in [1.29, 1.82) is 0 Å². The molecule has 0 radical (unpaired) electrons. The van der Waals surface area contributed by atoms with Crippen molar-refractivity contribution in [3.63, 3.8) is 0 Å². The number of halogens is 4. The molecule has 2 saturated carbocycles. The van der Waals surface area contributed by atoms with Crippen molar-refractivity contribution in [2.45, 2.75) is 29.4 Å². The van der Waals surface area contributed by atoms with E-state index in [1.54, 1.807) is 36.4 Å². The number of carbonyl (C=O) groups excluding carboxylic acids is 4. The number of benzene rings is 3. The number of anilines is 1. The first kappa shape index (κ1) is 31.3. The minimum atomic E-state index is -0.703. The minimum absolute atomic E-state index is 0.124. The van der Waals surface area contributed by atoms with Crippen LogP contribution in [0.3, 0.4) is 0 Å². The molecule has 46 heavy (non-hydrogen) atoms. The topological polar surface area (TPSA) is 93.6 Å². The zero-order valence-corrected chi connectivity index (χ0v) is 29.1. The summed E-state index contributed by atoms with van der Waals surface area (Å²) in [6.07, 6.45) is 1.51. The number of pyridine rings is 1. The second-order valence-electron chi connectivity index (χ2n) is 11.9. The lowest BCUT2D eigenvalue weighted by atomic mass is 9.81. The molecule has 6 atom stereocenters. The number of imide groups is 1. The zero-order valence-electron chi connectivity index (χ0n) is 24.4. The second-order valence-corrected chi connectivity index (χ2v) is 15.0. The van der Waals surface area contributed by atoms with Gasteiger partial charge < -0.3 is 4.74 Å². The molecule has 3 aromatic carbocycles. The van der Waals surface area contributed by atoms with E-state index in [1.807, 2.05) is 13.0 Å². The highest BCUT2D eigenvalue weighted by Crippen LogP contribution is 2.60. The number of esters is 1. The molecule has 0 N–H and O–H groups in total. The summed E-state index contributed by atoms with van der Waals surface area (Å²) >= 11 is 11.0. The minimum Gasteiger partial charge on any atom is -0.454 e. The van der Waals surface area contributed by atoms with Crippen LogP contribution >= 0.6 is 47.8 Å². The van der Waals surface area contributed by atoms with Gasteiger partial charge in [0.25, 0.3) is 0 Å². The Labute approximate surface area is 289 Å². The first-order valence-electron chi connectivity index (χ1n) is 14.9. The molecule has 7 rings (SSSR count). The Morgan fingerprint density at radius 2 is 1.57 bits per heavy atom. The predicted molar refractivity (Wildman–Crippen MR) is 182 cm³/mol. The fourth-order valence-corrected chi connectivity index (χ4v) is 9.64. The molecule has 234 valence electrons. The van der Waals surface area contributed by atoms with Gasteiger partial charge in [-0.2, -0.15) is 0 Å². The number of alkyl halides is 2. The molecule has 1 saturated heterocycles. The number of ketones is 1. The molecule has 3 fully saturated rings. The fourth-order valence-electron chi connectivity index (χ4n) is 7.26. The van der Waals surface area contributed by atoms with Crippen molar-refractivity contribution in [2.75, 3.05) is 11.5 Å². The molecule has 1 aliphatic heterocycles. The molecule has 1 aromatic heterocycles. The number of carbonyl (C=O) groups is 4. The van der Waals surface area contributed by atoms with Crippen molar-refractivity contribution in [3.8, 4) is 11.3 Å². The van der Waals surface area contributed by atoms with Crippen molar-refractivity contribution >= 4 is 87.9 Å². The molecule has 11 heteroatoms. The molecular formula is C35H26Br3FN2O5. The summed E-state index contributed by atoms with van der Waals surface area (Å²) in [7, 11) is 0. The normalized spacial score (nSPS) is 24.9. The zero-order chi connectivity index (χ0) is 32.4. The third-order valence-electron chi connectivity index (χ3n) is 9.47. The SMILES string of the molecule is CCc1cc(Br)cc2c(C(=O)OCC(=O)c3ccc(F)cc3)cc(-c3ccc(N4C(=O)C5C6CC(C(Br)C6Br)C5C4=O)cc3)nc12. The molecule has 2 aliphatic carbocycles. The summed E-state index contributed by atoms with van der Waals surface area (Å²) < 4.78 is 19.5. The van der Waals surface area contributed by atoms with Gasteiger partial charge in [0.2, 0.25) is 11.8 Å². The van der Waals surface area contributed by atoms with Crippen LogP contribution in [0.4, 0.5) is 10.1 Å². The molecule has 3 aliphatic rings. The molecule has 6 unspecified atom stereocenters. The maximum absolute atomic E-state index is 13.5. The Kier molecular flexibility index (Phi) is 8.22. The first-order valence-corrected chi connectivity index (χ1v) is 17.5. The monoisotopic (exact) mass is 810 g/mol. The van der Waals surface area contributed by atoms with Crippen LogP contribution < -0.4 is 4.90 Å². The lowest BCUT2D eigenvalue weighted by molar-refractivity contribution is -0.123.